The van der Waals surface area contributed by atoms with Gasteiger partial charge in [-0.1, -0.05) is 12.1 Å². The molecule has 2 aromatic heterocycles. The number of ether oxygens (including phenoxy) is 1. The number of nitrogens with two attached hydrogens (primary N) is 1. The van der Waals surface area contributed by atoms with Crippen LogP contribution in [0.25, 0.3) is 11.0 Å². The standard InChI is InChI=1S/C16H16N2O2/c17-11-15-16(13-3-1-2-4-14(13)20-15)19-10-7-12-5-8-18-9-6-12/h1-6,8-9H,7,10-11,17H2. The van der Waals surface area contributed by atoms with Crippen LogP contribution in [0, 0.1) is 0 Å². The van der Waals surface area contributed by atoms with Crippen molar-refractivity contribution in [1.29, 1.82) is 0 Å². The molecule has 0 saturated heterocycles. The van der Waals surface area contributed by atoms with E-state index in [1.54, 1.807) is 12.4 Å². The summed E-state index contributed by atoms with van der Waals surface area (Å²) < 4.78 is 11.6. The summed E-state index contributed by atoms with van der Waals surface area (Å²) >= 11 is 0. The Balaban J connectivity index is 1.77. The minimum atomic E-state index is 0.333. The molecule has 3 aromatic rings. The number of rotatable bonds is 5. The van der Waals surface area contributed by atoms with Crippen LogP contribution in [0.4, 0.5) is 0 Å². The molecule has 0 saturated carbocycles. The molecule has 2 N–H and O–H groups in total. The van der Waals surface area contributed by atoms with Crippen molar-refractivity contribution in [2.45, 2.75) is 13.0 Å². The van der Waals surface area contributed by atoms with Crippen LogP contribution in [0.2, 0.25) is 0 Å². The Morgan fingerprint density at radius 1 is 1.10 bits per heavy atom. The normalized spacial score (nSPS) is 10.8. The van der Waals surface area contributed by atoms with E-state index in [1.165, 1.54) is 5.56 Å². The van der Waals surface area contributed by atoms with E-state index >= 15 is 0 Å². The van der Waals surface area contributed by atoms with E-state index in [0.717, 1.165) is 23.1 Å². The third-order valence-corrected chi connectivity index (χ3v) is 3.19. The van der Waals surface area contributed by atoms with E-state index in [9.17, 15) is 0 Å². The molecule has 0 spiro atoms. The number of nitrogens with zero attached hydrogens (tertiary/aromatic N) is 1. The van der Waals surface area contributed by atoms with Crippen molar-refractivity contribution in [1.82, 2.24) is 4.98 Å². The monoisotopic (exact) mass is 268 g/mol. The van der Waals surface area contributed by atoms with Crippen molar-refractivity contribution in [3.63, 3.8) is 0 Å². The highest BCUT2D eigenvalue weighted by Gasteiger charge is 2.13. The zero-order valence-corrected chi connectivity index (χ0v) is 11.1. The summed E-state index contributed by atoms with van der Waals surface area (Å²) in [5.41, 5.74) is 7.72. The number of aromatic nitrogens is 1. The van der Waals surface area contributed by atoms with Crippen molar-refractivity contribution in [2.24, 2.45) is 5.73 Å². The Labute approximate surface area is 117 Å². The maximum Gasteiger partial charge on any atom is 0.169 e. The van der Waals surface area contributed by atoms with Gasteiger partial charge >= 0.3 is 0 Å². The first-order chi connectivity index (χ1) is 9.88. The molecule has 4 heteroatoms. The van der Waals surface area contributed by atoms with Crippen LogP contribution < -0.4 is 10.5 Å². The molecule has 4 nitrogen and oxygen atoms in total. The van der Waals surface area contributed by atoms with Crippen LogP contribution in [-0.2, 0) is 13.0 Å². The average molecular weight is 268 g/mol. The Kier molecular flexibility index (Phi) is 3.65. The summed E-state index contributed by atoms with van der Waals surface area (Å²) in [7, 11) is 0. The zero-order valence-electron chi connectivity index (χ0n) is 11.1. The third-order valence-electron chi connectivity index (χ3n) is 3.19. The lowest BCUT2D eigenvalue weighted by Gasteiger charge is -2.06. The molecule has 0 aliphatic heterocycles. The van der Waals surface area contributed by atoms with Crippen molar-refractivity contribution in [3.05, 3.63) is 60.1 Å². The predicted octanol–water partition coefficient (Wildman–Crippen LogP) is 2.91. The van der Waals surface area contributed by atoms with E-state index < -0.39 is 0 Å². The van der Waals surface area contributed by atoms with Crippen molar-refractivity contribution >= 4 is 11.0 Å². The molecule has 0 bridgehead atoms. The van der Waals surface area contributed by atoms with E-state index in [4.69, 9.17) is 14.9 Å². The number of para-hydroxylation sites is 1. The number of furan rings is 1. The lowest BCUT2D eigenvalue weighted by atomic mass is 10.2. The van der Waals surface area contributed by atoms with Gasteiger partial charge in [-0.2, -0.15) is 0 Å². The van der Waals surface area contributed by atoms with E-state index in [-0.39, 0.29) is 0 Å². The zero-order chi connectivity index (χ0) is 13.8. The summed E-state index contributed by atoms with van der Waals surface area (Å²) in [6, 6.07) is 11.8. The fourth-order valence-corrected chi connectivity index (χ4v) is 2.19. The Morgan fingerprint density at radius 2 is 1.90 bits per heavy atom. The third kappa shape index (κ3) is 2.51. The summed E-state index contributed by atoms with van der Waals surface area (Å²) in [5, 5.41) is 0.975. The van der Waals surface area contributed by atoms with E-state index in [2.05, 4.69) is 4.98 Å². The predicted molar refractivity (Wildman–Crippen MR) is 77.5 cm³/mol. The van der Waals surface area contributed by atoms with Gasteiger partial charge < -0.3 is 14.9 Å². The molecule has 0 amide bonds. The summed E-state index contributed by atoms with van der Waals surface area (Å²) in [6.45, 7) is 0.916. The maximum absolute atomic E-state index is 5.89. The number of pyridine rings is 1. The van der Waals surface area contributed by atoms with Gasteiger partial charge in [0.15, 0.2) is 11.5 Å². The highest BCUT2D eigenvalue weighted by Crippen LogP contribution is 2.32. The van der Waals surface area contributed by atoms with E-state index in [1.807, 2.05) is 36.4 Å². The lowest BCUT2D eigenvalue weighted by Crippen LogP contribution is -2.04. The highest BCUT2D eigenvalue weighted by molar-refractivity contribution is 5.85. The van der Waals surface area contributed by atoms with Gasteiger partial charge in [0, 0.05) is 18.8 Å². The first-order valence-electron chi connectivity index (χ1n) is 6.60. The molecule has 2 heterocycles. The van der Waals surface area contributed by atoms with E-state index in [0.29, 0.717) is 18.9 Å². The topological polar surface area (TPSA) is 61.3 Å². The van der Waals surface area contributed by atoms with Crippen LogP contribution in [0.3, 0.4) is 0 Å². The van der Waals surface area contributed by atoms with Gasteiger partial charge in [-0.15, -0.1) is 0 Å². The number of hydrogen-bond acceptors (Lipinski definition) is 4. The highest BCUT2D eigenvalue weighted by atomic mass is 16.5. The summed E-state index contributed by atoms with van der Waals surface area (Å²) in [5.74, 6) is 1.46. The number of fused-ring (bicyclic) bond motifs is 1. The van der Waals surface area contributed by atoms with Crippen LogP contribution in [0.15, 0.2) is 53.2 Å². The Morgan fingerprint density at radius 3 is 2.70 bits per heavy atom. The van der Waals surface area contributed by atoms with Gasteiger partial charge in [0.2, 0.25) is 0 Å². The average Bonchev–Trinajstić information content (AvgIpc) is 2.87. The SMILES string of the molecule is NCc1oc2ccccc2c1OCCc1ccncc1. The van der Waals surface area contributed by atoms with Crippen molar-refractivity contribution < 1.29 is 9.15 Å². The van der Waals surface area contributed by atoms with Crippen LogP contribution in [-0.4, -0.2) is 11.6 Å². The fourth-order valence-electron chi connectivity index (χ4n) is 2.19. The molecule has 20 heavy (non-hydrogen) atoms. The van der Waals surface area contributed by atoms with Gasteiger partial charge in [0.05, 0.1) is 18.5 Å². The Hall–Kier alpha value is -2.33. The van der Waals surface area contributed by atoms with Crippen molar-refractivity contribution in [3.8, 4) is 5.75 Å². The molecular weight excluding hydrogens is 252 g/mol. The molecule has 0 unspecified atom stereocenters. The summed E-state index contributed by atoms with van der Waals surface area (Å²) in [6.07, 6.45) is 4.40. The van der Waals surface area contributed by atoms with Gasteiger partial charge in [-0.25, -0.2) is 0 Å². The quantitative estimate of drug-likeness (QED) is 0.773. The second-order valence-electron chi connectivity index (χ2n) is 4.51. The van der Waals surface area contributed by atoms with Crippen LogP contribution >= 0.6 is 0 Å². The van der Waals surface area contributed by atoms with Gasteiger partial charge in [0.1, 0.15) is 5.58 Å². The molecule has 0 atom stereocenters. The smallest absolute Gasteiger partial charge is 0.169 e. The second kappa shape index (κ2) is 5.75. The number of hydrogen-bond donors (Lipinski definition) is 1. The minimum absolute atomic E-state index is 0.333. The van der Waals surface area contributed by atoms with Gasteiger partial charge in [-0.3, -0.25) is 4.98 Å². The molecule has 102 valence electrons. The number of benzene rings is 1. The molecule has 1 aromatic carbocycles. The van der Waals surface area contributed by atoms with Crippen molar-refractivity contribution in [2.75, 3.05) is 6.61 Å². The molecule has 3 rings (SSSR count). The van der Waals surface area contributed by atoms with Gasteiger partial charge in [0.25, 0.3) is 0 Å². The van der Waals surface area contributed by atoms with Crippen LogP contribution in [0.1, 0.15) is 11.3 Å². The Bertz CT molecular complexity index is 692. The molecule has 0 radical (unpaired) electrons. The van der Waals surface area contributed by atoms with Crippen LogP contribution in [0.5, 0.6) is 5.75 Å². The largest absolute Gasteiger partial charge is 0.489 e. The second-order valence-corrected chi connectivity index (χ2v) is 4.51. The molecule has 0 aliphatic carbocycles. The summed E-state index contributed by atoms with van der Waals surface area (Å²) in [4.78, 5) is 4.00. The molecule has 0 fully saturated rings. The minimum Gasteiger partial charge on any atom is -0.489 e. The maximum atomic E-state index is 5.89. The molecular formula is C16H16N2O2. The first-order valence-corrected chi connectivity index (χ1v) is 6.60. The first kappa shape index (κ1) is 12.7. The molecule has 0 aliphatic rings. The van der Waals surface area contributed by atoms with Gasteiger partial charge in [-0.05, 0) is 29.8 Å². The fraction of sp³-hybridized carbons (Fsp3) is 0.188. The lowest BCUT2D eigenvalue weighted by molar-refractivity contribution is 0.314.